The van der Waals surface area contributed by atoms with Crippen LogP contribution in [0.4, 0.5) is 5.13 Å². The molecule has 0 radical (unpaired) electrons. The van der Waals surface area contributed by atoms with E-state index in [-0.39, 0.29) is 29.7 Å². The average Bonchev–Trinajstić information content (AvgIpc) is 3.12. The fourth-order valence-electron chi connectivity index (χ4n) is 2.95. The van der Waals surface area contributed by atoms with Gasteiger partial charge in [0.15, 0.2) is 0 Å². The van der Waals surface area contributed by atoms with Gasteiger partial charge in [0.05, 0.1) is 4.90 Å². The first-order valence-electron chi connectivity index (χ1n) is 9.12. The maximum Gasteiger partial charge on any atom is 0.242 e. The summed E-state index contributed by atoms with van der Waals surface area (Å²) in [6, 6.07) is 15.9. The highest BCUT2D eigenvalue weighted by molar-refractivity contribution is 9.10. The number of halogens is 1. The summed E-state index contributed by atoms with van der Waals surface area (Å²) < 4.78 is 28.1. The van der Waals surface area contributed by atoms with Crippen molar-refractivity contribution in [2.75, 3.05) is 18.9 Å². The first-order chi connectivity index (χ1) is 14.3. The van der Waals surface area contributed by atoms with Crippen LogP contribution in [0.25, 0.3) is 0 Å². The largest absolute Gasteiger partial charge is 0.301 e. The molecule has 1 aromatic heterocycles. The molecular weight excluding hydrogens is 488 g/mol. The van der Waals surface area contributed by atoms with Gasteiger partial charge in [0.1, 0.15) is 5.01 Å². The summed E-state index contributed by atoms with van der Waals surface area (Å²) in [5.41, 5.74) is 0.888. The summed E-state index contributed by atoms with van der Waals surface area (Å²) in [4.78, 5) is 12.8. The average molecular weight is 509 g/mol. The Hall–Kier alpha value is -2.14. The SMILES string of the molecule is Cc1nnc(NC(=O)C[C@H](CN(C)S(=O)(=O)c2ccc(Br)cc2)c2ccccc2)s1. The van der Waals surface area contributed by atoms with Crippen molar-refractivity contribution in [3.8, 4) is 0 Å². The van der Waals surface area contributed by atoms with Crippen molar-refractivity contribution < 1.29 is 13.2 Å². The van der Waals surface area contributed by atoms with E-state index in [9.17, 15) is 13.2 Å². The van der Waals surface area contributed by atoms with Gasteiger partial charge in [-0.05, 0) is 36.8 Å². The fourth-order valence-corrected chi connectivity index (χ4v) is 5.04. The van der Waals surface area contributed by atoms with Crippen LogP contribution < -0.4 is 5.32 Å². The monoisotopic (exact) mass is 508 g/mol. The topological polar surface area (TPSA) is 92.3 Å². The van der Waals surface area contributed by atoms with Crippen molar-refractivity contribution in [1.29, 1.82) is 0 Å². The van der Waals surface area contributed by atoms with Crippen LogP contribution in [0.2, 0.25) is 0 Å². The number of carbonyl (C=O) groups excluding carboxylic acids is 1. The minimum absolute atomic E-state index is 0.114. The number of benzene rings is 2. The Bertz CT molecular complexity index is 1100. The van der Waals surface area contributed by atoms with Gasteiger partial charge >= 0.3 is 0 Å². The molecule has 7 nitrogen and oxygen atoms in total. The molecule has 0 aliphatic heterocycles. The number of sulfonamides is 1. The molecule has 2 aromatic carbocycles. The Labute approximate surface area is 188 Å². The molecule has 0 saturated carbocycles. The molecule has 0 aliphatic rings. The summed E-state index contributed by atoms with van der Waals surface area (Å²) in [6.45, 7) is 1.97. The second-order valence-electron chi connectivity index (χ2n) is 6.73. The zero-order valence-corrected chi connectivity index (χ0v) is 19.7. The third-order valence-electron chi connectivity index (χ3n) is 4.47. The zero-order valence-electron chi connectivity index (χ0n) is 16.4. The maximum absolute atomic E-state index is 13.0. The van der Waals surface area contributed by atoms with Gasteiger partial charge in [0.25, 0.3) is 0 Å². The van der Waals surface area contributed by atoms with Crippen LogP contribution in [0.1, 0.15) is 22.9 Å². The molecule has 30 heavy (non-hydrogen) atoms. The van der Waals surface area contributed by atoms with Crippen molar-refractivity contribution in [1.82, 2.24) is 14.5 Å². The van der Waals surface area contributed by atoms with Gasteiger partial charge < -0.3 is 5.32 Å². The van der Waals surface area contributed by atoms with Gasteiger partial charge in [-0.1, -0.05) is 57.6 Å². The van der Waals surface area contributed by atoms with Crippen molar-refractivity contribution >= 4 is 48.3 Å². The van der Waals surface area contributed by atoms with Crippen molar-refractivity contribution in [3.05, 3.63) is 69.6 Å². The Morgan fingerprint density at radius 1 is 1.13 bits per heavy atom. The standard InChI is InChI=1S/C20H21BrN4O3S2/c1-14-23-24-20(29-14)22-19(26)12-16(15-6-4-3-5-7-15)13-25(2)30(27,28)18-10-8-17(21)9-11-18/h3-11,16H,12-13H2,1-2H3,(H,22,24,26)/t16-/m1/s1. The lowest BCUT2D eigenvalue weighted by Gasteiger charge is -2.24. The summed E-state index contributed by atoms with van der Waals surface area (Å²) in [5.74, 6) is -0.565. The molecule has 3 aromatic rings. The number of hydrogen-bond donors (Lipinski definition) is 1. The highest BCUT2D eigenvalue weighted by Gasteiger charge is 2.26. The predicted molar refractivity (Wildman–Crippen MR) is 121 cm³/mol. The molecule has 3 rings (SSSR count). The molecule has 0 aliphatic carbocycles. The van der Waals surface area contributed by atoms with Crippen molar-refractivity contribution in [3.63, 3.8) is 0 Å². The van der Waals surface area contributed by atoms with E-state index < -0.39 is 10.0 Å². The van der Waals surface area contributed by atoms with Gasteiger partial charge in [0.2, 0.25) is 21.1 Å². The van der Waals surface area contributed by atoms with Gasteiger partial charge in [-0.2, -0.15) is 0 Å². The molecule has 1 N–H and O–H groups in total. The van der Waals surface area contributed by atoms with Crippen LogP contribution >= 0.6 is 27.3 Å². The van der Waals surface area contributed by atoms with Gasteiger partial charge in [0, 0.05) is 30.4 Å². The first-order valence-corrected chi connectivity index (χ1v) is 12.2. The summed E-state index contributed by atoms with van der Waals surface area (Å²) >= 11 is 4.61. The van der Waals surface area contributed by atoms with E-state index in [1.54, 1.807) is 24.3 Å². The highest BCUT2D eigenvalue weighted by Crippen LogP contribution is 2.25. The molecule has 0 saturated heterocycles. The van der Waals surface area contributed by atoms with Crippen LogP contribution in [0.15, 0.2) is 64.0 Å². The molecule has 0 unspecified atom stereocenters. The minimum atomic E-state index is -3.69. The number of hydrogen-bond acceptors (Lipinski definition) is 6. The Morgan fingerprint density at radius 3 is 2.40 bits per heavy atom. The Morgan fingerprint density at radius 2 is 1.80 bits per heavy atom. The molecule has 158 valence electrons. The number of rotatable bonds is 8. The van der Waals surface area contributed by atoms with Crippen LogP contribution in [0.3, 0.4) is 0 Å². The van der Waals surface area contributed by atoms with Crippen LogP contribution in [0.5, 0.6) is 0 Å². The van der Waals surface area contributed by atoms with E-state index in [4.69, 9.17) is 0 Å². The minimum Gasteiger partial charge on any atom is -0.301 e. The molecule has 0 fully saturated rings. The van der Waals surface area contributed by atoms with E-state index >= 15 is 0 Å². The van der Waals surface area contributed by atoms with Crippen LogP contribution in [-0.2, 0) is 14.8 Å². The van der Waals surface area contributed by atoms with Crippen molar-refractivity contribution in [2.45, 2.75) is 24.2 Å². The van der Waals surface area contributed by atoms with Gasteiger partial charge in [-0.15, -0.1) is 10.2 Å². The number of anilines is 1. The zero-order chi connectivity index (χ0) is 21.7. The second-order valence-corrected chi connectivity index (χ2v) is 10.9. The molecule has 10 heteroatoms. The molecule has 1 heterocycles. The third-order valence-corrected chi connectivity index (χ3v) is 7.59. The van der Waals surface area contributed by atoms with Crippen molar-refractivity contribution in [2.24, 2.45) is 0 Å². The molecule has 0 bridgehead atoms. The highest BCUT2D eigenvalue weighted by atomic mass is 79.9. The van der Waals surface area contributed by atoms with Gasteiger partial charge in [-0.3, -0.25) is 4.79 Å². The molecular formula is C20H21BrN4O3S2. The van der Waals surface area contributed by atoms with E-state index in [2.05, 4.69) is 31.4 Å². The normalized spacial score (nSPS) is 12.7. The molecule has 0 spiro atoms. The fraction of sp³-hybridized carbons (Fsp3) is 0.250. The number of amides is 1. The lowest BCUT2D eigenvalue weighted by Crippen LogP contribution is -2.32. The smallest absolute Gasteiger partial charge is 0.242 e. The van der Waals surface area contributed by atoms with Crippen LogP contribution in [0, 0.1) is 6.92 Å². The number of aryl methyl sites for hydroxylation is 1. The number of aromatic nitrogens is 2. The summed E-state index contributed by atoms with van der Waals surface area (Å²) in [5, 5.41) is 11.7. The first kappa shape index (κ1) is 22.5. The van der Waals surface area contributed by atoms with E-state index in [1.807, 2.05) is 37.3 Å². The van der Waals surface area contributed by atoms with Gasteiger partial charge in [-0.25, -0.2) is 12.7 Å². The lowest BCUT2D eigenvalue weighted by molar-refractivity contribution is -0.116. The van der Waals surface area contributed by atoms with E-state index in [0.717, 1.165) is 15.0 Å². The Balaban J connectivity index is 1.78. The number of nitrogens with one attached hydrogen (secondary N) is 1. The van der Waals surface area contributed by atoms with E-state index in [0.29, 0.717) is 5.13 Å². The predicted octanol–water partition coefficient (Wildman–Crippen LogP) is 4.04. The van der Waals surface area contributed by atoms with Crippen LogP contribution in [-0.4, -0.2) is 42.4 Å². The lowest BCUT2D eigenvalue weighted by atomic mass is 9.95. The third kappa shape index (κ3) is 5.72. The molecule has 1 atom stereocenters. The number of nitrogens with zero attached hydrogens (tertiary/aromatic N) is 3. The summed E-state index contributed by atoms with van der Waals surface area (Å²) in [7, 11) is -2.16. The number of carbonyl (C=O) groups is 1. The van der Waals surface area contributed by atoms with E-state index in [1.165, 1.54) is 22.7 Å². The maximum atomic E-state index is 13.0. The second kappa shape index (κ2) is 9.78. The Kier molecular flexibility index (Phi) is 7.35. The summed E-state index contributed by atoms with van der Waals surface area (Å²) in [6.07, 6.45) is 0.114. The molecule has 1 amide bonds. The number of likely N-dealkylation sites (N-methyl/N-ethyl adjacent to an activating group) is 1. The quantitative estimate of drug-likeness (QED) is 0.495.